The molecule has 1 saturated heterocycles. The third-order valence-electron chi connectivity index (χ3n) is 2.25. The van der Waals surface area contributed by atoms with E-state index in [1.807, 2.05) is 13.0 Å². The Hall–Kier alpha value is -0.780. The Morgan fingerprint density at radius 3 is 3.07 bits per heavy atom. The second-order valence-electron chi connectivity index (χ2n) is 3.54. The van der Waals surface area contributed by atoms with Gasteiger partial charge in [0.25, 0.3) is 0 Å². The van der Waals surface area contributed by atoms with Gasteiger partial charge in [0.15, 0.2) is 6.29 Å². The van der Waals surface area contributed by atoms with E-state index in [1.54, 1.807) is 0 Å². The predicted octanol–water partition coefficient (Wildman–Crippen LogP) is 2.89. The van der Waals surface area contributed by atoms with Crippen molar-refractivity contribution >= 4 is 0 Å². The van der Waals surface area contributed by atoms with Gasteiger partial charge >= 0.3 is 0 Å². The summed E-state index contributed by atoms with van der Waals surface area (Å²) in [7, 11) is 0. The van der Waals surface area contributed by atoms with Gasteiger partial charge in [-0.15, -0.1) is 5.92 Å². The zero-order chi connectivity index (χ0) is 10.8. The molecule has 84 valence electrons. The van der Waals surface area contributed by atoms with Crippen LogP contribution < -0.4 is 0 Å². The molecule has 0 N–H and O–H groups in total. The molecule has 1 aliphatic heterocycles. The number of hydrogen-bond donors (Lipinski definition) is 0. The van der Waals surface area contributed by atoms with Crippen LogP contribution in [0.1, 0.15) is 39.0 Å². The number of hydrogen-bond acceptors (Lipinski definition) is 2. The molecule has 0 amide bonds. The van der Waals surface area contributed by atoms with Crippen LogP contribution in [0.4, 0.5) is 0 Å². The molecule has 0 saturated carbocycles. The molecule has 1 atom stereocenters. The maximum absolute atomic E-state index is 5.55. The summed E-state index contributed by atoms with van der Waals surface area (Å²) in [6.07, 6.45) is 9.16. The SMILES string of the molecule is C/C=C/CC#CCCOC1CCCCO1. The molecule has 0 aromatic rings. The van der Waals surface area contributed by atoms with Crippen LogP contribution >= 0.6 is 0 Å². The van der Waals surface area contributed by atoms with Crippen LogP contribution in [0.3, 0.4) is 0 Å². The van der Waals surface area contributed by atoms with E-state index in [-0.39, 0.29) is 6.29 Å². The van der Waals surface area contributed by atoms with E-state index in [2.05, 4.69) is 17.9 Å². The predicted molar refractivity (Wildman–Crippen MR) is 61.4 cm³/mol. The first-order valence-electron chi connectivity index (χ1n) is 5.73. The Kier molecular flexibility index (Phi) is 6.98. The molecular formula is C13H20O2. The van der Waals surface area contributed by atoms with Gasteiger partial charge in [-0.3, -0.25) is 0 Å². The van der Waals surface area contributed by atoms with Gasteiger partial charge in [0.05, 0.1) is 6.61 Å². The summed E-state index contributed by atoms with van der Waals surface area (Å²) < 4.78 is 11.0. The van der Waals surface area contributed by atoms with Crippen molar-refractivity contribution in [3.63, 3.8) is 0 Å². The maximum Gasteiger partial charge on any atom is 0.157 e. The zero-order valence-corrected chi connectivity index (χ0v) is 9.50. The average molecular weight is 208 g/mol. The van der Waals surface area contributed by atoms with Crippen molar-refractivity contribution in [2.45, 2.75) is 45.3 Å². The minimum absolute atomic E-state index is 0.0242. The molecule has 2 heteroatoms. The highest BCUT2D eigenvalue weighted by Gasteiger charge is 2.12. The van der Waals surface area contributed by atoms with Crippen LogP contribution in [0.5, 0.6) is 0 Å². The molecule has 0 aromatic heterocycles. The van der Waals surface area contributed by atoms with Crippen molar-refractivity contribution in [1.29, 1.82) is 0 Å². The Morgan fingerprint density at radius 2 is 2.33 bits per heavy atom. The monoisotopic (exact) mass is 208 g/mol. The van der Waals surface area contributed by atoms with Crippen molar-refractivity contribution in [2.24, 2.45) is 0 Å². The topological polar surface area (TPSA) is 18.5 Å². The fraction of sp³-hybridized carbons (Fsp3) is 0.692. The minimum Gasteiger partial charge on any atom is -0.353 e. The van der Waals surface area contributed by atoms with Crippen LogP contribution in [0.25, 0.3) is 0 Å². The second-order valence-corrected chi connectivity index (χ2v) is 3.54. The standard InChI is InChI=1S/C13H20O2/c1-2-3-4-5-6-8-11-14-13-10-7-9-12-15-13/h2-3,13H,4,7-12H2,1H3/b3-2+. The molecule has 0 aromatic carbocycles. The van der Waals surface area contributed by atoms with Gasteiger partial charge in [0.1, 0.15) is 0 Å². The number of allylic oxidation sites excluding steroid dienone is 2. The number of rotatable bonds is 4. The first-order chi connectivity index (χ1) is 7.43. The summed E-state index contributed by atoms with van der Waals surface area (Å²) in [4.78, 5) is 0. The molecular weight excluding hydrogens is 188 g/mol. The summed E-state index contributed by atoms with van der Waals surface area (Å²) in [5.74, 6) is 6.14. The molecule has 0 radical (unpaired) electrons. The smallest absolute Gasteiger partial charge is 0.157 e. The Labute approximate surface area is 92.6 Å². The number of ether oxygens (including phenoxy) is 2. The molecule has 1 aliphatic rings. The van der Waals surface area contributed by atoms with Gasteiger partial charge in [0.2, 0.25) is 0 Å². The summed E-state index contributed by atoms with van der Waals surface area (Å²) in [6.45, 7) is 3.54. The van der Waals surface area contributed by atoms with Gasteiger partial charge in [-0.25, -0.2) is 0 Å². The molecule has 2 nitrogen and oxygen atoms in total. The van der Waals surface area contributed by atoms with E-state index < -0.39 is 0 Å². The second kappa shape index (κ2) is 8.52. The zero-order valence-electron chi connectivity index (χ0n) is 9.50. The summed E-state index contributed by atoms with van der Waals surface area (Å²) >= 11 is 0. The van der Waals surface area contributed by atoms with Gasteiger partial charge in [-0.1, -0.05) is 18.1 Å². The lowest BCUT2D eigenvalue weighted by atomic mass is 10.2. The van der Waals surface area contributed by atoms with E-state index in [4.69, 9.17) is 9.47 Å². The van der Waals surface area contributed by atoms with Gasteiger partial charge in [-0.2, -0.15) is 0 Å². The summed E-state index contributed by atoms with van der Waals surface area (Å²) in [5, 5.41) is 0. The fourth-order valence-corrected chi connectivity index (χ4v) is 1.42. The highest BCUT2D eigenvalue weighted by atomic mass is 16.7. The Balaban J connectivity index is 1.97. The van der Waals surface area contributed by atoms with Gasteiger partial charge in [0, 0.05) is 19.4 Å². The lowest BCUT2D eigenvalue weighted by molar-refractivity contribution is -0.161. The molecule has 0 aliphatic carbocycles. The third kappa shape index (κ3) is 6.33. The maximum atomic E-state index is 5.55. The van der Waals surface area contributed by atoms with E-state index >= 15 is 0 Å². The fourth-order valence-electron chi connectivity index (χ4n) is 1.42. The Morgan fingerprint density at radius 1 is 1.40 bits per heavy atom. The highest BCUT2D eigenvalue weighted by Crippen LogP contribution is 2.13. The largest absolute Gasteiger partial charge is 0.353 e. The Bertz CT molecular complexity index is 229. The molecule has 1 fully saturated rings. The van der Waals surface area contributed by atoms with E-state index in [1.165, 1.54) is 12.8 Å². The first-order valence-corrected chi connectivity index (χ1v) is 5.73. The van der Waals surface area contributed by atoms with Crippen LogP contribution in [0.15, 0.2) is 12.2 Å². The highest BCUT2D eigenvalue weighted by molar-refractivity contribution is 5.03. The summed E-state index contributed by atoms with van der Waals surface area (Å²) in [5.41, 5.74) is 0. The first kappa shape index (κ1) is 12.3. The van der Waals surface area contributed by atoms with E-state index in [9.17, 15) is 0 Å². The molecule has 1 heterocycles. The van der Waals surface area contributed by atoms with Crippen LogP contribution in [-0.2, 0) is 9.47 Å². The third-order valence-corrected chi connectivity index (χ3v) is 2.25. The van der Waals surface area contributed by atoms with E-state index in [0.717, 1.165) is 25.9 Å². The van der Waals surface area contributed by atoms with Crippen molar-refractivity contribution < 1.29 is 9.47 Å². The van der Waals surface area contributed by atoms with Crippen LogP contribution in [0, 0.1) is 11.8 Å². The average Bonchev–Trinajstić information content (AvgIpc) is 2.29. The quantitative estimate of drug-likeness (QED) is 0.402. The summed E-state index contributed by atoms with van der Waals surface area (Å²) in [6, 6.07) is 0. The molecule has 0 spiro atoms. The van der Waals surface area contributed by atoms with Crippen molar-refractivity contribution in [2.75, 3.05) is 13.2 Å². The lowest BCUT2D eigenvalue weighted by Crippen LogP contribution is -2.22. The molecule has 1 rings (SSSR count). The van der Waals surface area contributed by atoms with Crippen molar-refractivity contribution in [3.8, 4) is 11.8 Å². The molecule has 1 unspecified atom stereocenters. The van der Waals surface area contributed by atoms with E-state index in [0.29, 0.717) is 6.61 Å². The minimum atomic E-state index is 0.0242. The van der Waals surface area contributed by atoms with Crippen LogP contribution in [-0.4, -0.2) is 19.5 Å². The van der Waals surface area contributed by atoms with Crippen molar-refractivity contribution in [1.82, 2.24) is 0 Å². The normalized spacial score (nSPS) is 21.3. The van der Waals surface area contributed by atoms with Gasteiger partial charge < -0.3 is 9.47 Å². The van der Waals surface area contributed by atoms with Crippen molar-refractivity contribution in [3.05, 3.63) is 12.2 Å². The molecule has 15 heavy (non-hydrogen) atoms. The molecule has 0 bridgehead atoms. The van der Waals surface area contributed by atoms with Crippen LogP contribution in [0.2, 0.25) is 0 Å². The lowest BCUT2D eigenvalue weighted by Gasteiger charge is -2.22. The van der Waals surface area contributed by atoms with Gasteiger partial charge in [-0.05, 0) is 26.2 Å².